The van der Waals surface area contributed by atoms with Crippen molar-refractivity contribution in [3.05, 3.63) is 30.4 Å². The molecule has 82 valence electrons. The monoisotopic (exact) mass is 220 g/mol. The van der Waals surface area contributed by atoms with Gasteiger partial charge in [0.25, 0.3) is 0 Å². The van der Waals surface area contributed by atoms with Crippen molar-refractivity contribution in [3.63, 3.8) is 0 Å². The molecule has 16 heavy (non-hydrogen) atoms. The fourth-order valence-corrected chi connectivity index (χ4v) is 1.08. The lowest BCUT2D eigenvalue weighted by atomic mass is 10.3. The second-order valence-electron chi connectivity index (χ2n) is 3.00. The van der Waals surface area contributed by atoms with Gasteiger partial charge in [-0.05, 0) is 12.1 Å². The van der Waals surface area contributed by atoms with Crippen molar-refractivity contribution in [1.82, 2.24) is 15.2 Å². The van der Waals surface area contributed by atoms with Gasteiger partial charge in [-0.3, -0.25) is 4.98 Å². The topological polar surface area (TPSA) is 115 Å². The van der Waals surface area contributed by atoms with Crippen molar-refractivity contribution in [2.24, 2.45) is 5.73 Å². The van der Waals surface area contributed by atoms with Crippen molar-refractivity contribution in [3.8, 4) is 11.5 Å². The van der Waals surface area contributed by atoms with E-state index >= 15 is 0 Å². The Bertz CT molecular complexity index is 496. The zero-order valence-corrected chi connectivity index (χ0v) is 8.07. The number of aromatic nitrogens is 3. The van der Waals surface area contributed by atoms with Crippen LogP contribution in [0.2, 0.25) is 0 Å². The molecule has 0 bridgehead atoms. The zero-order chi connectivity index (χ0) is 11.5. The van der Waals surface area contributed by atoms with E-state index in [9.17, 15) is 4.79 Å². The quantitative estimate of drug-likeness (QED) is 0.759. The number of hydrogen-bond donors (Lipinski definition) is 2. The van der Waals surface area contributed by atoms with Gasteiger partial charge in [0.1, 0.15) is 0 Å². The van der Waals surface area contributed by atoms with Crippen molar-refractivity contribution in [1.29, 1.82) is 0 Å². The molecule has 0 fully saturated rings. The normalized spacial score (nSPS) is 12.3. The van der Waals surface area contributed by atoms with Gasteiger partial charge in [-0.1, -0.05) is 0 Å². The number of nitrogens with two attached hydrogens (primary N) is 1. The molecule has 7 nitrogen and oxygen atoms in total. The zero-order valence-electron chi connectivity index (χ0n) is 8.07. The summed E-state index contributed by atoms with van der Waals surface area (Å²) in [4.78, 5) is 14.4. The van der Waals surface area contributed by atoms with Crippen molar-refractivity contribution in [2.45, 2.75) is 6.04 Å². The number of carboxylic acids is 1. The van der Waals surface area contributed by atoms with Crippen LogP contribution in [0, 0.1) is 0 Å². The summed E-state index contributed by atoms with van der Waals surface area (Å²) in [5, 5.41) is 15.9. The van der Waals surface area contributed by atoms with Crippen LogP contribution in [0.4, 0.5) is 0 Å². The Morgan fingerprint density at radius 2 is 2.06 bits per heavy atom. The van der Waals surface area contributed by atoms with Gasteiger partial charge < -0.3 is 15.3 Å². The van der Waals surface area contributed by atoms with Gasteiger partial charge in [-0.25, -0.2) is 4.79 Å². The minimum atomic E-state index is -1.30. The van der Waals surface area contributed by atoms with Gasteiger partial charge >= 0.3 is 5.97 Å². The number of rotatable bonds is 3. The van der Waals surface area contributed by atoms with Gasteiger partial charge in [0.2, 0.25) is 11.8 Å². The fraction of sp³-hybridized carbons (Fsp3) is 0.111. The van der Waals surface area contributed by atoms with E-state index in [0.29, 0.717) is 5.56 Å². The predicted octanol–water partition coefficient (Wildman–Crippen LogP) is 0.216. The van der Waals surface area contributed by atoms with Gasteiger partial charge in [-0.15, -0.1) is 10.2 Å². The van der Waals surface area contributed by atoms with Crippen LogP contribution in [-0.4, -0.2) is 26.3 Å². The van der Waals surface area contributed by atoms with Gasteiger partial charge in [0, 0.05) is 18.0 Å². The highest BCUT2D eigenvalue weighted by Gasteiger charge is 2.21. The SMILES string of the molecule is NC(C(=O)O)c1nnc(-c2ccncc2)o1. The molecule has 0 aliphatic carbocycles. The Labute approximate surface area is 89.9 Å². The lowest BCUT2D eigenvalue weighted by Gasteiger charge is -1.98. The molecule has 2 rings (SSSR count). The largest absolute Gasteiger partial charge is 0.480 e. The third-order valence-corrected chi connectivity index (χ3v) is 1.90. The fourth-order valence-electron chi connectivity index (χ4n) is 1.08. The summed E-state index contributed by atoms with van der Waals surface area (Å²) in [6.45, 7) is 0. The molecule has 0 aromatic carbocycles. The number of nitrogens with zero attached hydrogens (tertiary/aromatic N) is 3. The molecule has 2 heterocycles. The molecule has 0 radical (unpaired) electrons. The molecule has 0 aliphatic heterocycles. The lowest BCUT2D eigenvalue weighted by Crippen LogP contribution is -2.20. The van der Waals surface area contributed by atoms with Crippen molar-refractivity contribution >= 4 is 5.97 Å². The summed E-state index contributed by atoms with van der Waals surface area (Å²) in [6.07, 6.45) is 3.13. The maximum atomic E-state index is 10.6. The summed E-state index contributed by atoms with van der Waals surface area (Å²) in [7, 11) is 0. The van der Waals surface area contributed by atoms with Crippen LogP contribution in [0.1, 0.15) is 11.9 Å². The molecule has 0 aliphatic rings. The molecule has 0 spiro atoms. The van der Waals surface area contributed by atoms with E-state index < -0.39 is 12.0 Å². The van der Waals surface area contributed by atoms with Crippen molar-refractivity contribution < 1.29 is 14.3 Å². The average Bonchev–Trinajstić information content (AvgIpc) is 2.78. The third kappa shape index (κ3) is 1.89. The summed E-state index contributed by atoms with van der Waals surface area (Å²) in [5.74, 6) is -1.13. The van der Waals surface area contributed by atoms with E-state index in [1.165, 1.54) is 0 Å². The Balaban J connectivity index is 2.30. The second kappa shape index (κ2) is 4.07. The molecule has 2 aromatic rings. The maximum absolute atomic E-state index is 10.6. The highest BCUT2D eigenvalue weighted by Crippen LogP contribution is 2.18. The predicted molar refractivity (Wildman–Crippen MR) is 52.1 cm³/mol. The maximum Gasteiger partial charge on any atom is 0.330 e. The lowest BCUT2D eigenvalue weighted by molar-refractivity contribution is -0.139. The van der Waals surface area contributed by atoms with Crippen LogP contribution in [-0.2, 0) is 4.79 Å². The van der Waals surface area contributed by atoms with E-state index in [-0.39, 0.29) is 11.8 Å². The highest BCUT2D eigenvalue weighted by molar-refractivity contribution is 5.73. The molecular weight excluding hydrogens is 212 g/mol. The molecule has 2 aromatic heterocycles. The average molecular weight is 220 g/mol. The molecule has 0 saturated carbocycles. The Hall–Kier alpha value is -2.28. The molecule has 0 saturated heterocycles. The first-order valence-electron chi connectivity index (χ1n) is 4.40. The van der Waals surface area contributed by atoms with Crippen LogP contribution < -0.4 is 5.73 Å². The van der Waals surface area contributed by atoms with Crippen LogP contribution in [0.5, 0.6) is 0 Å². The second-order valence-corrected chi connectivity index (χ2v) is 3.00. The van der Waals surface area contributed by atoms with Crippen LogP contribution >= 0.6 is 0 Å². The number of aliphatic carboxylic acids is 1. The molecule has 1 unspecified atom stereocenters. The molecule has 7 heteroatoms. The summed E-state index contributed by atoms with van der Waals surface area (Å²) >= 11 is 0. The van der Waals surface area contributed by atoms with Crippen LogP contribution in [0.25, 0.3) is 11.5 Å². The number of hydrogen-bond acceptors (Lipinski definition) is 6. The Kier molecular flexibility index (Phi) is 2.61. The molecule has 1 atom stereocenters. The third-order valence-electron chi connectivity index (χ3n) is 1.90. The van der Waals surface area contributed by atoms with E-state index in [1.54, 1.807) is 24.5 Å². The number of pyridine rings is 1. The highest BCUT2D eigenvalue weighted by atomic mass is 16.4. The van der Waals surface area contributed by atoms with Gasteiger partial charge in [0.05, 0.1) is 0 Å². The standard InChI is InChI=1S/C9H8N4O3/c10-6(9(14)15)8-13-12-7(16-8)5-1-3-11-4-2-5/h1-4,6H,10H2,(H,14,15). The van der Waals surface area contributed by atoms with E-state index in [0.717, 1.165) is 0 Å². The smallest absolute Gasteiger partial charge is 0.330 e. The van der Waals surface area contributed by atoms with E-state index in [2.05, 4.69) is 15.2 Å². The molecule has 3 N–H and O–H groups in total. The van der Waals surface area contributed by atoms with Gasteiger partial charge in [-0.2, -0.15) is 0 Å². The number of carboxylic acid groups (broad SMARTS) is 1. The summed E-state index contributed by atoms with van der Waals surface area (Å²) in [5.41, 5.74) is 5.98. The molecular formula is C9H8N4O3. The summed E-state index contributed by atoms with van der Waals surface area (Å²) < 4.78 is 5.14. The van der Waals surface area contributed by atoms with Crippen LogP contribution in [0.3, 0.4) is 0 Å². The van der Waals surface area contributed by atoms with Crippen LogP contribution in [0.15, 0.2) is 28.9 Å². The number of carbonyl (C=O) groups is 1. The first-order valence-corrected chi connectivity index (χ1v) is 4.40. The van der Waals surface area contributed by atoms with Gasteiger partial charge in [0.15, 0.2) is 6.04 Å². The Morgan fingerprint density at radius 3 is 2.69 bits per heavy atom. The first-order chi connectivity index (χ1) is 7.68. The first kappa shape index (κ1) is 10.2. The summed E-state index contributed by atoms with van der Waals surface area (Å²) in [6, 6.07) is 2.04. The minimum absolute atomic E-state index is 0.126. The minimum Gasteiger partial charge on any atom is -0.480 e. The van der Waals surface area contributed by atoms with Crippen molar-refractivity contribution in [2.75, 3.05) is 0 Å². The molecule has 0 amide bonds. The van der Waals surface area contributed by atoms with E-state index in [4.69, 9.17) is 15.3 Å². The Morgan fingerprint density at radius 1 is 1.38 bits per heavy atom. The van der Waals surface area contributed by atoms with E-state index in [1.807, 2.05) is 0 Å².